The Morgan fingerprint density at radius 2 is 2.24 bits per heavy atom. The van der Waals surface area contributed by atoms with Gasteiger partial charge in [0.1, 0.15) is 11.4 Å². The Morgan fingerprint density at radius 3 is 2.94 bits per heavy atom. The number of aryl methyl sites for hydroxylation is 1. The van der Waals surface area contributed by atoms with Crippen LogP contribution < -0.4 is 0 Å². The molecule has 0 saturated carbocycles. The number of pyridine rings is 1. The maximum Gasteiger partial charge on any atom is 0.356 e. The van der Waals surface area contributed by atoms with Gasteiger partial charge in [-0.05, 0) is 31.5 Å². The van der Waals surface area contributed by atoms with Gasteiger partial charge in [0.2, 0.25) is 0 Å². The zero-order valence-corrected chi connectivity index (χ0v) is 9.73. The molecule has 0 amide bonds. The third-order valence-electron chi connectivity index (χ3n) is 2.25. The lowest BCUT2D eigenvalue weighted by Crippen LogP contribution is -2.04. The first-order valence-corrected chi connectivity index (χ1v) is 5.36. The third-order valence-corrected chi connectivity index (χ3v) is 2.25. The van der Waals surface area contributed by atoms with Crippen molar-refractivity contribution in [3.63, 3.8) is 0 Å². The van der Waals surface area contributed by atoms with E-state index in [1.54, 1.807) is 19.2 Å². The van der Waals surface area contributed by atoms with E-state index < -0.39 is 5.97 Å². The van der Waals surface area contributed by atoms with Crippen molar-refractivity contribution in [2.75, 3.05) is 6.61 Å². The molecule has 0 bridgehead atoms. The van der Waals surface area contributed by atoms with E-state index >= 15 is 0 Å². The van der Waals surface area contributed by atoms with Gasteiger partial charge in [0, 0.05) is 12.3 Å². The number of esters is 1. The molecular formula is C12H13N3O2. The van der Waals surface area contributed by atoms with Crippen LogP contribution in [0, 0.1) is 6.92 Å². The summed E-state index contributed by atoms with van der Waals surface area (Å²) in [6, 6.07) is 5.45. The van der Waals surface area contributed by atoms with Gasteiger partial charge in [-0.2, -0.15) is 5.10 Å². The second-order valence-electron chi connectivity index (χ2n) is 3.61. The molecule has 0 unspecified atom stereocenters. The number of rotatable bonds is 3. The summed E-state index contributed by atoms with van der Waals surface area (Å²) >= 11 is 0. The molecule has 2 heterocycles. The van der Waals surface area contributed by atoms with Crippen LogP contribution in [0.25, 0.3) is 11.4 Å². The number of nitrogens with zero attached hydrogens (tertiary/aromatic N) is 2. The molecule has 0 atom stereocenters. The number of ether oxygens (including phenoxy) is 1. The molecule has 2 aromatic rings. The zero-order valence-electron chi connectivity index (χ0n) is 9.73. The Hall–Kier alpha value is -2.17. The molecule has 0 aliphatic rings. The monoisotopic (exact) mass is 231 g/mol. The van der Waals surface area contributed by atoms with Crippen LogP contribution in [0.3, 0.4) is 0 Å². The highest BCUT2D eigenvalue weighted by atomic mass is 16.5. The maximum absolute atomic E-state index is 11.4. The van der Waals surface area contributed by atoms with Crippen LogP contribution in [-0.2, 0) is 4.74 Å². The van der Waals surface area contributed by atoms with Gasteiger partial charge >= 0.3 is 5.97 Å². The minimum atomic E-state index is -0.404. The molecule has 0 aliphatic heterocycles. The van der Waals surface area contributed by atoms with Crippen molar-refractivity contribution >= 4 is 5.97 Å². The predicted molar refractivity (Wildman–Crippen MR) is 62.5 cm³/mol. The lowest BCUT2D eigenvalue weighted by Gasteiger charge is -1.96. The summed E-state index contributed by atoms with van der Waals surface area (Å²) in [4.78, 5) is 15.6. The van der Waals surface area contributed by atoms with Crippen LogP contribution in [-0.4, -0.2) is 27.8 Å². The fourth-order valence-electron chi connectivity index (χ4n) is 1.44. The summed E-state index contributed by atoms with van der Waals surface area (Å²) in [6.45, 7) is 4.08. The van der Waals surface area contributed by atoms with Crippen molar-refractivity contribution in [1.82, 2.24) is 15.2 Å². The molecule has 1 N–H and O–H groups in total. The normalized spacial score (nSPS) is 10.2. The van der Waals surface area contributed by atoms with Gasteiger partial charge in [-0.15, -0.1) is 0 Å². The Bertz CT molecular complexity index is 534. The largest absolute Gasteiger partial charge is 0.461 e. The lowest BCUT2D eigenvalue weighted by atomic mass is 10.2. The van der Waals surface area contributed by atoms with E-state index in [-0.39, 0.29) is 0 Å². The summed E-state index contributed by atoms with van der Waals surface area (Å²) in [5, 5.41) is 6.69. The Labute approximate surface area is 98.8 Å². The van der Waals surface area contributed by atoms with E-state index in [2.05, 4.69) is 15.2 Å². The van der Waals surface area contributed by atoms with Gasteiger partial charge in [-0.3, -0.25) is 10.1 Å². The van der Waals surface area contributed by atoms with Crippen LogP contribution in [0.5, 0.6) is 0 Å². The molecule has 0 radical (unpaired) electrons. The number of aromatic nitrogens is 3. The zero-order chi connectivity index (χ0) is 12.3. The Morgan fingerprint density at radius 1 is 1.41 bits per heavy atom. The Balaban J connectivity index is 2.27. The predicted octanol–water partition coefficient (Wildman–Crippen LogP) is 1.96. The highest BCUT2D eigenvalue weighted by Crippen LogP contribution is 2.16. The molecule has 0 saturated heterocycles. The van der Waals surface area contributed by atoms with E-state index in [0.29, 0.717) is 18.0 Å². The lowest BCUT2D eigenvalue weighted by molar-refractivity contribution is 0.0519. The van der Waals surface area contributed by atoms with Crippen molar-refractivity contribution in [2.45, 2.75) is 13.8 Å². The maximum atomic E-state index is 11.4. The number of H-pyrrole nitrogens is 1. The van der Waals surface area contributed by atoms with E-state index in [1.165, 1.54) is 0 Å². The number of carbonyl (C=O) groups excluding carboxylic acids is 1. The average Bonchev–Trinajstić information content (AvgIpc) is 2.78. The molecule has 17 heavy (non-hydrogen) atoms. The molecule has 5 nitrogen and oxygen atoms in total. The molecule has 0 aromatic carbocycles. The third kappa shape index (κ3) is 2.50. The van der Waals surface area contributed by atoms with Crippen molar-refractivity contribution in [3.05, 3.63) is 35.7 Å². The molecule has 0 aliphatic carbocycles. The smallest absolute Gasteiger partial charge is 0.356 e. The van der Waals surface area contributed by atoms with E-state index in [0.717, 1.165) is 11.3 Å². The van der Waals surface area contributed by atoms with Gasteiger partial charge < -0.3 is 4.74 Å². The fourth-order valence-corrected chi connectivity index (χ4v) is 1.44. The number of carbonyl (C=O) groups is 1. The first-order chi connectivity index (χ1) is 8.20. The number of aromatic amines is 1. The second-order valence-corrected chi connectivity index (χ2v) is 3.61. The van der Waals surface area contributed by atoms with Crippen molar-refractivity contribution in [1.29, 1.82) is 0 Å². The number of nitrogens with one attached hydrogen (secondary N) is 1. The minimum Gasteiger partial charge on any atom is -0.461 e. The molecule has 5 heteroatoms. The molecule has 88 valence electrons. The minimum absolute atomic E-state index is 0.338. The second kappa shape index (κ2) is 4.78. The molecule has 2 rings (SSSR count). The molecule has 0 fully saturated rings. The first-order valence-electron chi connectivity index (χ1n) is 5.36. The molecule has 2 aromatic heterocycles. The quantitative estimate of drug-likeness (QED) is 0.820. The summed E-state index contributed by atoms with van der Waals surface area (Å²) in [5.41, 5.74) is 2.80. The van der Waals surface area contributed by atoms with Gasteiger partial charge in [0.15, 0.2) is 0 Å². The van der Waals surface area contributed by atoms with Crippen molar-refractivity contribution in [2.24, 2.45) is 0 Å². The molecule has 0 spiro atoms. The summed E-state index contributed by atoms with van der Waals surface area (Å²) in [7, 11) is 0. The highest BCUT2D eigenvalue weighted by molar-refractivity contribution is 5.88. The van der Waals surface area contributed by atoms with Gasteiger partial charge in [0.05, 0.1) is 12.3 Å². The van der Waals surface area contributed by atoms with Crippen molar-refractivity contribution < 1.29 is 9.53 Å². The summed E-state index contributed by atoms with van der Waals surface area (Å²) < 4.78 is 4.87. The van der Waals surface area contributed by atoms with Gasteiger partial charge in [0.25, 0.3) is 0 Å². The highest BCUT2D eigenvalue weighted by Gasteiger charge is 2.12. The number of hydrogen-bond donors (Lipinski definition) is 1. The topological polar surface area (TPSA) is 67.9 Å². The molecular weight excluding hydrogens is 218 g/mol. The summed E-state index contributed by atoms with van der Waals surface area (Å²) in [6.07, 6.45) is 1.71. The van der Waals surface area contributed by atoms with Crippen molar-refractivity contribution in [3.8, 4) is 11.4 Å². The summed E-state index contributed by atoms with van der Waals surface area (Å²) in [5.74, 6) is -0.404. The van der Waals surface area contributed by atoms with E-state index in [9.17, 15) is 4.79 Å². The van der Waals surface area contributed by atoms with Crippen LogP contribution in [0.1, 0.15) is 23.0 Å². The van der Waals surface area contributed by atoms with Crippen LogP contribution in [0.15, 0.2) is 24.4 Å². The van der Waals surface area contributed by atoms with Crippen LogP contribution in [0.4, 0.5) is 0 Å². The van der Waals surface area contributed by atoms with Gasteiger partial charge in [-0.25, -0.2) is 4.79 Å². The average molecular weight is 231 g/mol. The standard InChI is InChI=1S/C12H13N3O2/c1-3-17-12(16)11-7-10(14-15-11)9-6-8(2)4-5-13-9/h4-7H,3H2,1-2H3,(H,14,15). The fraction of sp³-hybridized carbons (Fsp3) is 0.250. The van der Waals surface area contributed by atoms with Gasteiger partial charge in [-0.1, -0.05) is 0 Å². The van der Waals surface area contributed by atoms with Crippen LogP contribution >= 0.6 is 0 Å². The van der Waals surface area contributed by atoms with Crippen LogP contribution in [0.2, 0.25) is 0 Å². The SMILES string of the molecule is CCOC(=O)c1cc(-c2cc(C)ccn2)n[nH]1. The van der Waals surface area contributed by atoms with E-state index in [4.69, 9.17) is 4.74 Å². The number of hydrogen-bond acceptors (Lipinski definition) is 4. The van der Waals surface area contributed by atoms with E-state index in [1.807, 2.05) is 19.1 Å². The first kappa shape index (κ1) is 11.3. The Kier molecular flexibility index (Phi) is 3.18.